The Morgan fingerprint density at radius 1 is 1.24 bits per heavy atom. The van der Waals surface area contributed by atoms with Gasteiger partial charge in [-0.15, -0.1) is 0 Å². The molecule has 124 valence electrons. The standard InChI is InChI=1S/C19H17N5O/c1-12-4-2-5-13(8-12)10-22-19-23-16(18(25)24-19)9-14-11-21-17-15(14)6-3-7-20-17/h2-9,11,25H,10H2,1H3,(H2,22,23,24)/b14-9+. The molecule has 3 N–H and O–H groups in total. The van der Waals surface area contributed by atoms with Crippen molar-refractivity contribution < 1.29 is 5.11 Å². The van der Waals surface area contributed by atoms with Crippen molar-refractivity contribution in [1.82, 2.24) is 15.0 Å². The average molecular weight is 331 g/mol. The molecule has 0 amide bonds. The van der Waals surface area contributed by atoms with E-state index in [0.29, 0.717) is 24.0 Å². The highest BCUT2D eigenvalue weighted by Crippen LogP contribution is 2.31. The molecule has 0 radical (unpaired) electrons. The molecule has 0 bridgehead atoms. The maximum absolute atomic E-state index is 10.1. The van der Waals surface area contributed by atoms with Crippen LogP contribution in [0.5, 0.6) is 5.88 Å². The number of nitrogens with zero attached hydrogens (tertiary/aromatic N) is 3. The van der Waals surface area contributed by atoms with Gasteiger partial charge in [-0.3, -0.25) is 0 Å². The number of nitrogens with one attached hydrogen (secondary N) is 2. The molecule has 0 atom stereocenters. The number of aromatic nitrogens is 3. The molecule has 0 saturated carbocycles. The van der Waals surface area contributed by atoms with Crippen molar-refractivity contribution >= 4 is 29.6 Å². The van der Waals surface area contributed by atoms with Crippen molar-refractivity contribution in [2.24, 2.45) is 4.99 Å². The minimum absolute atomic E-state index is 0.0509. The maximum Gasteiger partial charge on any atom is 0.238 e. The topological polar surface area (TPSA) is 86.2 Å². The van der Waals surface area contributed by atoms with Gasteiger partial charge in [0.15, 0.2) is 5.82 Å². The molecule has 0 saturated heterocycles. The fourth-order valence-corrected chi connectivity index (χ4v) is 2.77. The third-order valence-corrected chi connectivity index (χ3v) is 3.98. The average Bonchev–Trinajstić information content (AvgIpc) is 3.18. The van der Waals surface area contributed by atoms with Gasteiger partial charge in [-0.05, 0) is 30.7 Å². The number of hydrogen-bond donors (Lipinski definition) is 3. The van der Waals surface area contributed by atoms with E-state index in [9.17, 15) is 5.11 Å². The second-order valence-corrected chi connectivity index (χ2v) is 5.90. The zero-order valence-corrected chi connectivity index (χ0v) is 13.7. The number of benzene rings is 1. The van der Waals surface area contributed by atoms with E-state index in [1.54, 1.807) is 12.4 Å². The molecule has 0 unspecified atom stereocenters. The molecule has 0 spiro atoms. The number of aromatic amines is 1. The number of aliphatic imine (C=N–C) groups is 1. The van der Waals surface area contributed by atoms with E-state index in [2.05, 4.69) is 44.3 Å². The largest absolute Gasteiger partial charge is 0.492 e. The van der Waals surface area contributed by atoms with Gasteiger partial charge in [-0.2, -0.15) is 4.98 Å². The second-order valence-electron chi connectivity index (χ2n) is 5.90. The quantitative estimate of drug-likeness (QED) is 0.680. The molecule has 4 rings (SSSR count). The number of fused-ring (bicyclic) bond motifs is 1. The third kappa shape index (κ3) is 3.14. The van der Waals surface area contributed by atoms with Gasteiger partial charge >= 0.3 is 0 Å². The van der Waals surface area contributed by atoms with Gasteiger partial charge in [0.05, 0.1) is 0 Å². The lowest BCUT2D eigenvalue weighted by Gasteiger charge is -2.03. The van der Waals surface area contributed by atoms with Crippen molar-refractivity contribution in [3.8, 4) is 5.88 Å². The number of aromatic hydroxyl groups is 1. The van der Waals surface area contributed by atoms with Crippen LogP contribution in [0, 0.1) is 6.92 Å². The van der Waals surface area contributed by atoms with Crippen molar-refractivity contribution in [2.45, 2.75) is 13.5 Å². The number of pyridine rings is 1. The molecular formula is C19H17N5O. The van der Waals surface area contributed by atoms with Gasteiger partial charge in [-0.25, -0.2) is 9.98 Å². The number of aryl methyl sites for hydroxylation is 1. The Labute approximate surface area is 145 Å². The van der Waals surface area contributed by atoms with Crippen LogP contribution in [0.25, 0.3) is 11.6 Å². The Bertz CT molecular complexity index is 987. The van der Waals surface area contributed by atoms with Crippen molar-refractivity contribution in [2.75, 3.05) is 5.32 Å². The number of anilines is 1. The predicted octanol–water partition coefficient (Wildman–Crippen LogP) is 3.69. The Hall–Kier alpha value is -3.41. The summed E-state index contributed by atoms with van der Waals surface area (Å²) in [7, 11) is 0. The highest BCUT2D eigenvalue weighted by atomic mass is 16.3. The minimum atomic E-state index is -0.0509. The van der Waals surface area contributed by atoms with E-state index < -0.39 is 0 Å². The van der Waals surface area contributed by atoms with Crippen molar-refractivity contribution in [3.05, 3.63) is 65.0 Å². The lowest BCUT2D eigenvalue weighted by Crippen LogP contribution is -2.01. The first-order valence-corrected chi connectivity index (χ1v) is 7.98. The summed E-state index contributed by atoms with van der Waals surface area (Å²) >= 11 is 0. The Kier molecular flexibility index (Phi) is 3.78. The molecule has 0 aliphatic carbocycles. The highest BCUT2D eigenvalue weighted by molar-refractivity contribution is 6.20. The fourth-order valence-electron chi connectivity index (χ4n) is 2.77. The van der Waals surface area contributed by atoms with E-state index >= 15 is 0 Å². The van der Waals surface area contributed by atoms with E-state index in [0.717, 1.165) is 16.7 Å². The fraction of sp³-hybridized carbons (Fsp3) is 0.105. The van der Waals surface area contributed by atoms with Crippen LogP contribution in [0.2, 0.25) is 0 Å². The van der Waals surface area contributed by atoms with Gasteiger partial charge in [0.1, 0.15) is 5.69 Å². The molecule has 3 heterocycles. The smallest absolute Gasteiger partial charge is 0.238 e. The van der Waals surface area contributed by atoms with E-state index in [1.807, 2.05) is 30.3 Å². The van der Waals surface area contributed by atoms with E-state index in [4.69, 9.17) is 0 Å². The lowest BCUT2D eigenvalue weighted by atomic mass is 10.1. The first-order chi connectivity index (χ1) is 12.2. The first-order valence-electron chi connectivity index (χ1n) is 7.98. The third-order valence-electron chi connectivity index (χ3n) is 3.98. The summed E-state index contributed by atoms with van der Waals surface area (Å²) in [4.78, 5) is 15.7. The first kappa shape index (κ1) is 15.1. The number of hydrogen-bond acceptors (Lipinski definition) is 5. The lowest BCUT2D eigenvalue weighted by molar-refractivity contribution is 0.455. The maximum atomic E-state index is 10.1. The second kappa shape index (κ2) is 6.24. The zero-order chi connectivity index (χ0) is 17.2. The molecule has 6 nitrogen and oxygen atoms in total. The van der Waals surface area contributed by atoms with Gasteiger partial charge in [0, 0.05) is 30.1 Å². The normalized spacial score (nSPS) is 14.0. The summed E-state index contributed by atoms with van der Waals surface area (Å²) in [5.74, 6) is 1.16. The number of rotatable bonds is 4. The molecular weight excluding hydrogens is 314 g/mol. The van der Waals surface area contributed by atoms with Crippen molar-refractivity contribution in [1.29, 1.82) is 0 Å². The van der Waals surface area contributed by atoms with Crippen molar-refractivity contribution in [3.63, 3.8) is 0 Å². The van der Waals surface area contributed by atoms with Gasteiger partial charge in [-0.1, -0.05) is 29.8 Å². The molecule has 1 aromatic carbocycles. The van der Waals surface area contributed by atoms with E-state index in [-0.39, 0.29) is 5.88 Å². The van der Waals surface area contributed by atoms with Crippen LogP contribution in [-0.4, -0.2) is 26.3 Å². The molecule has 0 fully saturated rings. The Balaban J connectivity index is 1.53. The van der Waals surface area contributed by atoms with Crippen LogP contribution in [0.15, 0.2) is 47.6 Å². The van der Waals surface area contributed by atoms with Crippen LogP contribution in [0.3, 0.4) is 0 Å². The molecule has 2 aromatic heterocycles. The summed E-state index contributed by atoms with van der Waals surface area (Å²) in [6.07, 6.45) is 5.26. The van der Waals surface area contributed by atoms with Crippen LogP contribution in [0.4, 0.5) is 11.8 Å². The summed E-state index contributed by atoms with van der Waals surface area (Å²) < 4.78 is 0. The highest BCUT2D eigenvalue weighted by Gasteiger charge is 2.14. The molecule has 1 aliphatic heterocycles. The molecule has 3 aromatic rings. The van der Waals surface area contributed by atoms with Gasteiger partial charge in [0.2, 0.25) is 11.8 Å². The SMILES string of the molecule is Cc1cccc(CNc2nc(O)c(/C=C3\C=Nc4ncccc43)[nH]2)c1. The summed E-state index contributed by atoms with van der Waals surface area (Å²) in [5, 5.41) is 13.3. The summed E-state index contributed by atoms with van der Waals surface area (Å²) in [5.41, 5.74) is 4.71. The monoisotopic (exact) mass is 331 g/mol. The number of imidazole rings is 1. The Morgan fingerprint density at radius 3 is 3.04 bits per heavy atom. The number of allylic oxidation sites excluding steroid dienone is 1. The minimum Gasteiger partial charge on any atom is -0.492 e. The molecule has 6 heteroatoms. The summed E-state index contributed by atoms with van der Waals surface area (Å²) in [6.45, 7) is 2.68. The Morgan fingerprint density at radius 2 is 2.16 bits per heavy atom. The van der Waals surface area contributed by atoms with Crippen LogP contribution >= 0.6 is 0 Å². The predicted molar refractivity (Wildman–Crippen MR) is 99.0 cm³/mol. The molecule has 1 aliphatic rings. The van der Waals surface area contributed by atoms with Gasteiger partial charge < -0.3 is 15.4 Å². The van der Waals surface area contributed by atoms with Crippen LogP contribution in [-0.2, 0) is 6.54 Å². The van der Waals surface area contributed by atoms with Crippen LogP contribution < -0.4 is 5.32 Å². The zero-order valence-electron chi connectivity index (χ0n) is 13.7. The van der Waals surface area contributed by atoms with Gasteiger partial charge in [0.25, 0.3) is 0 Å². The van der Waals surface area contributed by atoms with E-state index in [1.165, 1.54) is 5.56 Å². The van der Waals surface area contributed by atoms with Crippen LogP contribution in [0.1, 0.15) is 22.4 Å². The number of H-pyrrole nitrogens is 1. The summed E-state index contributed by atoms with van der Waals surface area (Å²) in [6, 6.07) is 12.0. The molecule has 25 heavy (non-hydrogen) atoms.